The number of fused-ring (bicyclic) bond motifs is 3. The van der Waals surface area contributed by atoms with Crippen molar-refractivity contribution in [1.82, 2.24) is 0 Å². The topological polar surface area (TPSA) is 9.23 Å². The minimum absolute atomic E-state index is 0. The van der Waals surface area contributed by atoms with Crippen LogP contribution in [-0.4, -0.2) is 7.11 Å². The maximum Gasteiger partial charge on any atom is 0.108 e. The van der Waals surface area contributed by atoms with E-state index in [0.29, 0.717) is 0 Å². The summed E-state index contributed by atoms with van der Waals surface area (Å²) < 4.78 is 5.56. The second-order valence-electron chi connectivity index (χ2n) is 3.79. The van der Waals surface area contributed by atoms with Crippen molar-refractivity contribution < 1.29 is 4.74 Å². The smallest absolute Gasteiger partial charge is 0.108 e. The van der Waals surface area contributed by atoms with Gasteiger partial charge in [0.25, 0.3) is 0 Å². The first kappa shape index (κ1) is 11.2. The number of hydrogen-bond acceptors (Lipinski definition) is 1. The third-order valence-corrected chi connectivity index (χ3v) is 3.01. The monoisotopic (exact) mass is 232 g/mol. The molecule has 16 heavy (non-hydrogen) atoms. The summed E-state index contributed by atoms with van der Waals surface area (Å²) in [4.78, 5) is 0. The van der Waals surface area contributed by atoms with E-state index in [2.05, 4.69) is 48.5 Å². The normalized spacial score (nSPS) is 12.8. The second-order valence-corrected chi connectivity index (χ2v) is 3.79. The van der Waals surface area contributed by atoms with Crippen molar-refractivity contribution >= 4 is 12.4 Å². The predicted octanol–water partition coefficient (Wildman–Crippen LogP) is 3.82. The lowest BCUT2D eigenvalue weighted by Crippen LogP contribution is -1.97. The summed E-state index contributed by atoms with van der Waals surface area (Å²) in [5.74, 6) is 0. The Kier molecular flexibility index (Phi) is 2.99. The van der Waals surface area contributed by atoms with E-state index >= 15 is 0 Å². The highest BCUT2D eigenvalue weighted by molar-refractivity contribution is 5.85. The number of rotatable bonds is 1. The van der Waals surface area contributed by atoms with Crippen LogP contribution in [0.2, 0.25) is 0 Å². The van der Waals surface area contributed by atoms with Crippen molar-refractivity contribution in [1.29, 1.82) is 0 Å². The molecule has 0 heterocycles. The maximum atomic E-state index is 5.56. The minimum Gasteiger partial charge on any atom is -0.372 e. The minimum atomic E-state index is 0. The first-order chi connectivity index (χ1) is 7.42. The van der Waals surface area contributed by atoms with Gasteiger partial charge in [0.1, 0.15) is 6.10 Å². The summed E-state index contributed by atoms with van der Waals surface area (Å²) in [6.45, 7) is 0. The lowest BCUT2D eigenvalue weighted by Gasteiger charge is -2.10. The van der Waals surface area contributed by atoms with Crippen LogP contribution in [0.1, 0.15) is 17.2 Å². The number of benzene rings is 2. The van der Waals surface area contributed by atoms with Gasteiger partial charge in [-0.05, 0) is 22.3 Å². The van der Waals surface area contributed by atoms with Crippen LogP contribution in [0.3, 0.4) is 0 Å². The average Bonchev–Trinajstić information content (AvgIpc) is 2.63. The molecule has 82 valence electrons. The lowest BCUT2D eigenvalue weighted by atomic mass is 10.1. The molecule has 2 heteroatoms. The zero-order chi connectivity index (χ0) is 10.3. The van der Waals surface area contributed by atoms with Gasteiger partial charge in [-0.25, -0.2) is 0 Å². The van der Waals surface area contributed by atoms with Gasteiger partial charge in [0.2, 0.25) is 0 Å². The van der Waals surface area contributed by atoms with Crippen LogP contribution in [0, 0.1) is 0 Å². The van der Waals surface area contributed by atoms with Gasteiger partial charge in [0.05, 0.1) is 0 Å². The molecule has 0 unspecified atom stereocenters. The van der Waals surface area contributed by atoms with E-state index in [1.807, 2.05) is 0 Å². The van der Waals surface area contributed by atoms with Crippen molar-refractivity contribution in [2.24, 2.45) is 0 Å². The summed E-state index contributed by atoms with van der Waals surface area (Å²) in [5.41, 5.74) is 5.17. The predicted molar refractivity (Wildman–Crippen MR) is 68.0 cm³/mol. The highest BCUT2D eigenvalue weighted by atomic mass is 35.5. The first-order valence-corrected chi connectivity index (χ1v) is 5.13. The van der Waals surface area contributed by atoms with Crippen molar-refractivity contribution in [2.45, 2.75) is 6.10 Å². The Bertz CT molecular complexity index is 462. The van der Waals surface area contributed by atoms with Gasteiger partial charge in [-0.3, -0.25) is 0 Å². The summed E-state index contributed by atoms with van der Waals surface area (Å²) in [5, 5.41) is 0. The standard InChI is InChI=1S/C14H12O.ClH/c1-15-14-12-8-4-2-6-10(12)11-7-3-5-9-13(11)14;/h2-9,14H,1H3;1H. The maximum absolute atomic E-state index is 5.56. The molecule has 1 aliphatic carbocycles. The van der Waals surface area contributed by atoms with Crippen molar-refractivity contribution in [3.63, 3.8) is 0 Å². The van der Waals surface area contributed by atoms with Crippen LogP contribution in [0.5, 0.6) is 0 Å². The average molecular weight is 233 g/mol. The van der Waals surface area contributed by atoms with Crippen LogP contribution in [0.4, 0.5) is 0 Å². The van der Waals surface area contributed by atoms with Crippen molar-refractivity contribution in [2.75, 3.05) is 7.11 Å². The van der Waals surface area contributed by atoms with Gasteiger partial charge in [-0.1, -0.05) is 48.5 Å². The van der Waals surface area contributed by atoms with Crippen LogP contribution in [-0.2, 0) is 4.74 Å². The Morgan fingerprint density at radius 2 is 1.25 bits per heavy atom. The van der Waals surface area contributed by atoms with Gasteiger partial charge in [0.15, 0.2) is 0 Å². The molecule has 0 fully saturated rings. The fourth-order valence-electron chi connectivity index (χ4n) is 2.36. The molecule has 0 atom stereocenters. The Labute approximate surface area is 101 Å². The number of methoxy groups -OCH3 is 1. The molecule has 1 aliphatic rings. The zero-order valence-corrected chi connectivity index (χ0v) is 9.83. The van der Waals surface area contributed by atoms with Crippen molar-refractivity contribution in [3.8, 4) is 11.1 Å². The van der Waals surface area contributed by atoms with Crippen molar-refractivity contribution in [3.05, 3.63) is 59.7 Å². The van der Waals surface area contributed by atoms with E-state index in [1.54, 1.807) is 7.11 Å². The molecule has 0 bridgehead atoms. The highest BCUT2D eigenvalue weighted by Crippen LogP contribution is 2.44. The summed E-state index contributed by atoms with van der Waals surface area (Å²) in [6, 6.07) is 16.9. The van der Waals surface area contributed by atoms with Gasteiger partial charge >= 0.3 is 0 Å². The van der Waals surface area contributed by atoms with E-state index in [4.69, 9.17) is 4.74 Å². The van der Waals surface area contributed by atoms with Crippen LogP contribution in [0.15, 0.2) is 48.5 Å². The van der Waals surface area contributed by atoms with E-state index in [-0.39, 0.29) is 18.5 Å². The van der Waals surface area contributed by atoms with Crippen LogP contribution < -0.4 is 0 Å². The Balaban J connectivity index is 0.000000963. The third-order valence-electron chi connectivity index (χ3n) is 3.01. The van der Waals surface area contributed by atoms with Crippen LogP contribution in [0.25, 0.3) is 11.1 Å². The molecule has 0 saturated heterocycles. The molecular weight excluding hydrogens is 220 g/mol. The van der Waals surface area contributed by atoms with Gasteiger partial charge in [-0.15, -0.1) is 12.4 Å². The molecular formula is C14H13ClO. The highest BCUT2D eigenvalue weighted by Gasteiger charge is 2.27. The zero-order valence-electron chi connectivity index (χ0n) is 9.01. The quantitative estimate of drug-likeness (QED) is 0.726. The fourth-order valence-corrected chi connectivity index (χ4v) is 2.36. The number of ether oxygens (including phenoxy) is 1. The Hall–Kier alpha value is -1.31. The molecule has 3 rings (SSSR count). The van der Waals surface area contributed by atoms with Crippen LogP contribution >= 0.6 is 12.4 Å². The van der Waals surface area contributed by atoms with Gasteiger partial charge in [-0.2, -0.15) is 0 Å². The first-order valence-electron chi connectivity index (χ1n) is 5.13. The third kappa shape index (κ3) is 1.44. The molecule has 2 aromatic rings. The molecule has 0 aromatic heterocycles. The summed E-state index contributed by atoms with van der Waals surface area (Å²) in [6.07, 6.45) is 0.109. The molecule has 0 aliphatic heterocycles. The lowest BCUT2D eigenvalue weighted by molar-refractivity contribution is 0.140. The molecule has 0 spiro atoms. The molecule has 1 nitrogen and oxygen atoms in total. The van der Waals surface area contributed by atoms with E-state index in [0.717, 1.165) is 0 Å². The number of hydrogen-bond donors (Lipinski definition) is 0. The second kappa shape index (κ2) is 4.28. The van der Waals surface area contributed by atoms with E-state index in [9.17, 15) is 0 Å². The molecule has 0 amide bonds. The SMILES string of the molecule is COC1c2ccccc2-c2ccccc21.Cl. The number of halogens is 1. The molecule has 0 saturated carbocycles. The van der Waals surface area contributed by atoms with E-state index < -0.39 is 0 Å². The Morgan fingerprint density at radius 3 is 1.69 bits per heavy atom. The van der Waals surface area contributed by atoms with Gasteiger partial charge < -0.3 is 4.74 Å². The molecule has 0 N–H and O–H groups in total. The largest absolute Gasteiger partial charge is 0.372 e. The van der Waals surface area contributed by atoms with Gasteiger partial charge in [0, 0.05) is 7.11 Å². The Morgan fingerprint density at radius 1 is 0.812 bits per heavy atom. The fraction of sp³-hybridized carbons (Fsp3) is 0.143. The summed E-state index contributed by atoms with van der Waals surface area (Å²) >= 11 is 0. The van der Waals surface area contributed by atoms with E-state index in [1.165, 1.54) is 22.3 Å². The summed E-state index contributed by atoms with van der Waals surface area (Å²) in [7, 11) is 1.77. The molecule has 0 radical (unpaired) electrons. The molecule has 2 aromatic carbocycles.